The molecule has 5 heteroatoms. The second-order valence-electron chi connectivity index (χ2n) is 7.13. The first-order valence-electron chi connectivity index (χ1n) is 9.37. The lowest BCUT2D eigenvalue weighted by molar-refractivity contribution is 0.464. The monoisotopic (exact) mass is 360 g/mol. The van der Waals surface area contributed by atoms with E-state index in [0.29, 0.717) is 23.3 Å². The van der Waals surface area contributed by atoms with Crippen LogP contribution in [0.3, 0.4) is 0 Å². The summed E-state index contributed by atoms with van der Waals surface area (Å²) >= 11 is 0. The lowest BCUT2D eigenvalue weighted by Gasteiger charge is -2.31. The molecule has 138 valence electrons. The topological polar surface area (TPSA) is 64.3 Å². The third-order valence-electron chi connectivity index (χ3n) is 4.95. The number of ether oxygens (including phenoxy) is 1. The summed E-state index contributed by atoms with van der Waals surface area (Å²) in [6, 6.07) is 16.4. The molecule has 2 heterocycles. The Labute approximate surface area is 159 Å². The van der Waals surface area contributed by atoms with Gasteiger partial charge in [-0.25, -0.2) is 4.98 Å². The van der Waals surface area contributed by atoms with Crippen molar-refractivity contribution in [2.75, 3.05) is 17.2 Å². The molecule has 27 heavy (non-hydrogen) atoms. The van der Waals surface area contributed by atoms with Gasteiger partial charge < -0.3 is 15.4 Å². The number of nitrogen functional groups attached to an aromatic ring is 1. The fourth-order valence-corrected chi connectivity index (χ4v) is 3.45. The number of hydrogen-bond acceptors (Lipinski definition) is 5. The maximum Gasteiger partial charge on any atom is 0.248 e. The van der Waals surface area contributed by atoms with Crippen LogP contribution in [0.15, 0.2) is 54.9 Å². The van der Waals surface area contributed by atoms with Gasteiger partial charge in [-0.2, -0.15) is 4.98 Å². The summed E-state index contributed by atoms with van der Waals surface area (Å²) in [5.41, 5.74) is 10.6. The van der Waals surface area contributed by atoms with Crippen LogP contribution in [0.25, 0.3) is 0 Å². The molecular formula is C22H24N4O. The van der Waals surface area contributed by atoms with Gasteiger partial charge in [0.15, 0.2) is 5.82 Å². The number of aryl methyl sites for hydroxylation is 1. The Kier molecular flexibility index (Phi) is 4.67. The van der Waals surface area contributed by atoms with Crippen molar-refractivity contribution >= 4 is 17.2 Å². The highest BCUT2D eigenvalue weighted by atomic mass is 16.5. The number of nitrogens with zero attached hydrogens (tertiary/aromatic N) is 3. The minimum Gasteiger partial charge on any atom is -0.437 e. The number of aromatic nitrogens is 2. The van der Waals surface area contributed by atoms with Crippen LogP contribution in [-0.4, -0.2) is 16.5 Å². The average molecular weight is 360 g/mol. The Morgan fingerprint density at radius 2 is 1.81 bits per heavy atom. The van der Waals surface area contributed by atoms with Crippen LogP contribution in [0.5, 0.6) is 11.6 Å². The van der Waals surface area contributed by atoms with Crippen LogP contribution in [-0.2, 0) is 6.42 Å². The molecule has 0 aliphatic carbocycles. The smallest absolute Gasteiger partial charge is 0.248 e. The summed E-state index contributed by atoms with van der Waals surface area (Å²) in [5.74, 6) is 2.29. The molecule has 2 aromatic carbocycles. The van der Waals surface area contributed by atoms with E-state index in [1.54, 1.807) is 0 Å². The molecule has 0 radical (unpaired) electrons. The predicted octanol–water partition coefficient (Wildman–Crippen LogP) is 5.06. The van der Waals surface area contributed by atoms with E-state index in [1.807, 2.05) is 18.2 Å². The third kappa shape index (κ3) is 3.45. The Balaban J connectivity index is 1.64. The maximum atomic E-state index is 6.41. The van der Waals surface area contributed by atoms with E-state index in [0.717, 1.165) is 30.8 Å². The van der Waals surface area contributed by atoms with Gasteiger partial charge >= 0.3 is 0 Å². The van der Waals surface area contributed by atoms with Gasteiger partial charge in [-0.1, -0.05) is 44.2 Å². The average Bonchev–Trinajstić information content (AvgIpc) is 2.70. The Hall–Kier alpha value is -3.08. The largest absolute Gasteiger partial charge is 0.437 e. The first-order chi connectivity index (χ1) is 13.1. The van der Waals surface area contributed by atoms with Gasteiger partial charge in [0, 0.05) is 12.2 Å². The molecule has 0 bridgehead atoms. The summed E-state index contributed by atoms with van der Waals surface area (Å²) in [4.78, 5) is 10.9. The van der Waals surface area contributed by atoms with Crippen molar-refractivity contribution in [3.05, 3.63) is 66.0 Å². The molecule has 1 aromatic heterocycles. The highest BCUT2D eigenvalue weighted by Gasteiger charge is 2.22. The summed E-state index contributed by atoms with van der Waals surface area (Å²) in [6.45, 7) is 5.21. The lowest BCUT2D eigenvalue weighted by atomic mass is 10.0. The molecule has 1 aliphatic heterocycles. The van der Waals surface area contributed by atoms with Crippen molar-refractivity contribution < 1.29 is 4.74 Å². The standard InChI is InChI=1S/C22H24N4O/c1-15(2)16-9-11-18(12-10-16)27-22-20(23)21(24-14-25-22)26-13-5-7-17-6-3-4-8-19(17)26/h3-4,6,8-12,14-15H,5,7,13,23H2,1-2H3. The van der Waals surface area contributed by atoms with E-state index in [9.17, 15) is 0 Å². The molecule has 1 aliphatic rings. The highest BCUT2D eigenvalue weighted by Crippen LogP contribution is 2.38. The molecule has 4 rings (SSSR count). The van der Waals surface area contributed by atoms with Crippen LogP contribution < -0.4 is 15.4 Å². The first-order valence-corrected chi connectivity index (χ1v) is 9.37. The SMILES string of the molecule is CC(C)c1ccc(Oc2ncnc(N3CCCc4ccccc43)c2N)cc1. The lowest BCUT2D eigenvalue weighted by Crippen LogP contribution is -2.26. The number of nitrogens with two attached hydrogens (primary N) is 1. The minimum absolute atomic E-state index is 0.389. The van der Waals surface area contributed by atoms with Crippen molar-refractivity contribution in [3.8, 4) is 11.6 Å². The van der Waals surface area contributed by atoms with Crippen LogP contribution >= 0.6 is 0 Å². The van der Waals surface area contributed by atoms with E-state index in [1.165, 1.54) is 17.5 Å². The van der Waals surface area contributed by atoms with E-state index >= 15 is 0 Å². The molecule has 0 atom stereocenters. The number of anilines is 3. The normalized spacial score (nSPS) is 13.5. The van der Waals surface area contributed by atoms with E-state index < -0.39 is 0 Å². The summed E-state index contributed by atoms with van der Waals surface area (Å²) < 4.78 is 5.96. The van der Waals surface area contributed by atoms with Gasteiger partial charge in [-0.05, 0) is 48.1 Å². The second-order valence-corrected chi connectivity index (χ2v) is 7.13. The van der Waals surface area contributed by atoms with Crippen molar-refractivity contribution in [3.63, 3.8) is 0 Å². The molecule has 5 nitrogen and oxygen atoms in total. The van der Waals surface area contributed by atoms with Crippen molar-refractivity contribution in [1.82, 2.24) is 9.97 Å². The molecule has 0 saturated heterocycles. The van der Waals surface area contributed by atoms with E-state index in [-0.39, 0.29) is 0 Å². The fourth-order valence-electron chi connectivity index (χ4n) is 3.45. The molecule has 0 saturated carbocycles. The maximum absolute atomic E-state index is 6.41. The van der Waals surface area contributed by atoms with Crippen LogP contribution in [0.4, 0.5) is 17.2 Å². The molecule has 2 N–H and O–H groups in total. The molecule has 0 fully saturated rings. The first kappa shape index (κ1) is 17.3. The van der Waals surface area contributed by atoms with Crippen molar-refractivity contribution in [2.45, 2.75) is 32.6 Å². The van der Waals surface area contributed by atoms with Gasteiger partial charge in [0.25, 0.3) is 0 Å². The zero-order chi connectivity index (χ0) is 18.8. The second kappa shape index (κ2) is 7.27. The van der Waals surface area contributed by atoms with Gasteiger partial charge in [-0.15, -0.1) is 0 Å². The predicted molar refractivity (Wildman–Crippen MR) is 109 cm³/mol. The van der Waals surface area contributed by atoms with Crippen molar-refractivity contribution in [1.29, 1.82) is 0 Å². The molecular weight excluding hydrogens is 336 g/mol. The molecule has 0 amide bonds. The fraction of sp³-hybridized carbons (Fsp3) is 0.273. The minimum atomic E-state index is 0.389. The van der Waals surface area contributed by atoms with E-state index in [2.05, 4.69) is 59.0 Å². The number of para-hydroxylation sites is 1. The Bertz CT molecular complexity index is 937. The van der Waals surface area contributed by atoms with Crippen LogP contribution in [0.1, 0.15) is 37.3 Å². The zero-order valence-corrected chi connectivity index (χ0v) is 15.7. The summed E-state index contributed by atoms with van der Waals surface area (Å²) in [6.07, 6.45) is 3.65. The van der Waals surface area contributed by atoms with Gasteiger partial charge in [0.2, 0.25) is 5.88 Å². The highest BCUT2D eigenvalue weighted by molar-refractivity contribution is 5.76. The number of fused-ring (bicyclic) bond motifs is 1. The summed E-state index contributed by atoms with van der Waals surface area (Å²) in [5, 5.41) is 0. The van der Waals surface area contributed by atoms with Gasteiger partial charge in [0.1, 0.15) is 17.8 Å². The number of rotatable bonds is 4. The van der Waals surface area contributed by atoms with Crippen molar-refractivity contribution in [2.24, 2.45) is 0 Å². The Morgan fingerprint density at radius 3 is 2.59 bits per heavy atom. The van der Waals surface area contributed by atoms with E-state index in [4.69, 9.17) is 10.5 Å². The molecule has 0 unspecified atom stereocenters. The molecule has 0 spiro atoms. The number of benzene rings is 2. The number of hydrogen-bond donors (Lipinski definition) is 1. The summed E-state index contributed by atoms with van der Waals surface area (Å²) in [7, 11) is 0. The van der Waals surface area contributed by atoms with Crippen LogP contribution in [0.2, 0.25) is 0 Å². The zero-order valence-electron chi connectivity index (χ0n) is 15.7. The van der Waals surface area contributed by atoms with Crippen LogP contribution in [0, 0.1) is 0 Å². The van der Waals surface area contributed by atoms with Gasteiger partial charge in [-0.3, -0.25) is 0 Å². The molecule has 3 aromatic rings. The third-order valence-corrected chi connectivity index (χ3v) is 4.95. The quantitative estimate of drug-likeness (QED) is 0.704. The van der Waals surface area contributed by atoms with Gasteiger partial charge in [0.05, 0.1) is 0 Å². The Morgan fingerprint density at radius 1 is 1.04 bits per heavy atom.